The Balaban J connectivity index is 0.00000208. The van der Waals surface area contributed by atoms with E-state index in [2.05, 4.69) is 43.0 Å². The van der Waals surface area contributed by atoms with Gasteiger partial charge < -0.3 is 15.1 Å². The minimum Gasteiger partial charge on any atom is -0.508 e. The van der Waals surface area contributed by atoms with E-state index in [-0.39, 0.29) is 28.6 Å². The zero-order valence-corrected chi connectivity index (χ0v) is 16.0. The van der Waals surface area contributed by atoms with Crippen LogP contribution >= 0.6 is 17.0 Å². The lowest BCUT2D eigenvalue weighted by Crippen LogP contribution is -2.21. The van der Waals surface area contributed by atoms with Crippen LogP contribution in [0.4, 0.5) is 5.69 Å². The SMILES string of the molecule is Br.CCN(CC)c1ccc(CC2Cc3cccc(O)c3C2O)cc1. The van der Waals surface area contributed by atoms with Crippen molar-refractivity contribution in [1.29, 1.82) is 0 Å². The lowest BCUT2D eigenvalue weighted by atomic mass is 9.94. The molecule has 3 nitrogen and oxygen atoms in total. The zero-order chi connectivity index (χ0) is 16.4. The van der Waals surface area contributed by atoms with Gasteiger partial charge in [-0.25, -0.2) is 0 Å². The van der Waals surface area contributed by atoms with Crippen molar-refractivity contribution in [3.63, 3.8) is 0 Å². The number of hydrogen-bond donors (Lipinski definition) is 2. The van der Waals surface area contributed by atoms with Gasteiger partial charge in [-0.2, -0.15) is 0 Å². The molecule has 2 atom stereocenters. The number of halogens is 1. The second-order valence-electron chi connectivity index (χ2n) is 6.30. The maximum Gasteiger partial charge on any atom is 0.121 e. The summed E-state index contributed by atoms with van der Waals surface area (Å²) < 4.78 is 0. The van der Waals surface area contributed by atoms with Crippen LogP contribution in [0.15, 0.2) is 42.5 Å². The Hall–Kier alpha value is -1.52. The molecule has 130 valence electrons. The van der Waals surface area contributed by atoms with Gasteiger partial charge in [0.15, 0.2) is 0 Å². The van der Waals surface area contributed by atoms with E-state index in [1.54, 1.807) is 6.07 Å². The van der Waals surface area contributed by atoms with Crippen LogP contribution in [0.5, 0.6) is 5.75 Å². The van der Waals surface area contributed by atoms with Gasteiger partial charge in [-0.3, -0.25) is 0 Å². The van der Waals surface area contributed by atoms with Crippen molar-refractivity contribution in [2.75, 3.05) is 18.0 Å². The van der Waals surface area contributed by atoms with E-state index < -0.39 is 6.10 Å². The lowest BCUT2D eigenvalue weighted by molar-refractivity contribution is 0.121. The summed E-state index contributed by atoms with van der Waals surface area (Å²) in [7, 11) is 0. The first-order chi connectivity index (χ1) is 11.1. The van der Waals surface area contributed by atoms with E-state index in [1.165, 1.54) is 11.3 Å². The Morgan fingerprint density at radius 2 is 1.71 bits per heavy atom. The summed E-state index contributed by atoms with van der Waals surface area (Å²) >= 11 is 0. The Morgan fingerprint density at radius 3 is 2.29 bits per heavy atom. The lowest BCUT2D eigenvalue weighted by Gasteiger charge is -2.21. The third-order valence-corrected chi connectivity index (χ3v) is 4.96. The molecule has 0 fully saturated rings. The first-order valence-corrected chi connectivity index (χ1v) is 8.46. The number of aliphatic hydroxyl groups excluding tert-OH is 1. The van der Waals surface area contributed by atoms with E-state index >= 15 is 0 Å². The molecule has 0 heterocycles. The predicted molar refractivity (Wildman–Crippen MR) is 104 cm³/mol. The standard InChI is InChI=1S/C20H25NO2.BrH/c1-3-21(4-2)17-10-8-14(9-11-17)12-16-13-15-6-5-7-18(22)19(15)20(16)23;/h5-11,16,20,22-23H,3-4,12-13H2,1-2H3;1H. The number of phenols is 1. The van der Waals surface area contributed by atoms with Gasteiger partial charge in [0.1, 0.15) is 5.75 Å². The summed E-state index contributed by atoms with van der Waals surface area (Å²) in [6, 6.07) is 14.1. The molecule has 1 aliphatic rings. The second-order valence-corrected chi connectivity index (χ2v) is 6.30. The van der Waals surface area contributed by atoms with Crippen LogP contribution in [0.1, 0.15) is 36.6 Å². The van der Waals surface area contributed by atoms with Gasteiger partial charge in [0.05, 0.1) is 6.10 Å². The van der Waals surface area contributed by atoms with Crippen LogP contribution in [0, 0.1) is 5.92 Å². The summed E-state index contributed by atoms with van der Waals surface area (Å²) in [4.78, 5) is 2.32. The summed E-state index contributed by atoms with van der Waals surface area (Å²) in [5.74, 6) is 0.354. The van der Waals surface area contributed by atoms with Gasteiger partial charge in [0.25, 0.3) is 0 Å². The molecule has 0 amide bonds. The first-order valence-electron chi connectivity index (χ1n) is 8.46. The van der Waals surface area contributed by atoms with Gasteiger partial charge in [-0.1, -0.05) is 24.3 Å². The van der Waals surface area contributed by atoms with Crippen molar-refractivity contribution in [3.05, 3.63) is 59.2 Å². The van der Waals surface area contributed by atoms with Crippen molar-refractivity contribution in [2.24, 2.45) is 5.92 Å². The number of aromatic hydroxyl groups is 1. The number of rotatable bonds is 5. The molecule has 1 aliphatic carbocycles. The Bertz CT molecular complexity index is 668. The van der Waals surface area contributed by atoms with E-state index in [0.29, 0.717) is 0 Å². The topological polar surface area (TPSA) is 43.7 Å². The van der Waals surface area contributed by atoms with Crippen LogP contribution in [0.25, 0.3) is 0 Å². The van der Waals surface area contributed by atoms with Crippen LogP contribution < -0.4 is 4.90 Å². The zero-order valence-electron chi connectivity index (χ0n) is 14.3. The molecule has 0 aromatic heterocycles. The van der Waals surface area contributed by atoms with Crippen LogP contribution in [-0.2, 0) is 12.8 Å². The molecule has 0 saturated carbocycles. The third-order valence-electron chi connectivity index (χ3n) is 4.96. The number of anilines is 1. The van der Waals surface area contributed by atoms with Crippen molar-refractivity contribution in [1.82, 2.24) is 0 Å². The van der Waals surface area contributed by atoms with Crippen molar-refractivity contribution >= 4 is 22.7 Å². The molecule has 0 aliphatic heterocycles. The molecular formula is C20H26BrNO2. The number of nitrogens with zero attached hydrogens (tertiary/aromatic N) is 1. The Morgan fingerprint density at radius 1 is 1.04 bits per heavy atom. The maximum atomic E-state index is 10.5. The first kappa shape index (κ1) is 18.8. The largest absolute Gasteiger partial charge is 0.508 e. The smallest absolute Gasteiger partial charge is 0.121 e. The normalized spacial score (nSPS) is 18.8. The van der Waals surface area contributed by atoms with Gasteiger partial charge >= 0.3 is 0 Å². The van der Waals surface area contributed by atoms with Crippen LogP contribution in [-0.4, -0.2) is 23.3 Å². The summed E-state index contributed by atoms with van der Waals surface area (Å²) in [6.07, 6.45) is 1.07. The highest BCUT2D eigenvalue weighted by Crippen LogP contribution is 2.42. The van der Waals surface area contributed by atoms with Crippen molar-refractivity contribution < 1.29 is 10.2 Å². The molecule has 24 heavy (non-hydrogen) atoms. The fourth-order valence-corrected chi connectivity index (χ4v) is 3.67. The molecule has 0 saturated heterocycles. The van der Waals surface area contributed by atoms with E-state index in [4.69, 9.17) is 0 Å². The monoisotopic (exact) mass is 391 g/mol. The third kappa shape index (κ3) is 3.60. The number of aliphatic hydroxyl groups is 1. The average molecular weight is 392 g/mol. The average Bonchev–Trinajstić information content (AvgIpc) is 2.87. The fraction of sp³-hybridized carbons (Fsp3) is 0.400. The molecule has 2 aromatic carbocycles. The number of phenolic OH excluding ortho intramolecular Hbond substituents is 1. The molecule has 2 N–H and O–H groups in total. The summed E-state index contributed by atoms with van der Waals surface area (Å²) in [5.41, 5.74) is 4.27. The summed E-state index contributed by atoms with van der Waals surface area (Å²) in [5, 5.41) is 20.5. The highest BCUT2D eigenvalue weighted by atomic mass is 79.9. The van der Waals surface area contributed by atoms with Crippen LogP contribution in [0.3, 0.4) is 0 Å². The number of hydrogen-bond acceptors (Lipinski definition) is 3. The van der Waals surface area contributed by atoms with Gasteiger partial charge in [-0.15, -0.1) is 17.0 Å². The summed E-state index contributed by atoms with van der Waals surface area (Å²) in [6.45, 7) is 6.34. The molecule has 0 bridgehead atoms. The van der Waals surface area contributed by atoms with E-state index in [0.717, 1.165) is 37.1 Å². The fourth-order valence-electron chi connectivity index (χ4n) is 3.67. The predicted octanol–water partition coefficient (Wildman–Crippen LogP) is 4.26. The molecule has 4 heteroatoms. The second kappa shape index (κ2) is 8.04. The number of fused-ring (bicyclic) bond motifs is 1. The van der Waals surface area contributed by atoms with E-state index in [1.807, 2.05) is 12.1 Å². The van der Waals surface area contributed by atoms with Crippen molar-refractivity contribution in [2.45, 2.75) is 32.8 Å². The highest BCUT2D eigenvalue weighted by molar-refractivity contribution is 8.93. The number of benzene rings is 2. The molecule has 2 unspecified atom stereocenters. The molecule has 3 rings (SSSR count). The molecule has 0 radical (unpaired) electrons. The molecule has 2 aromatic rings. The Labute approximate surface area is 154 Å². The Kier molecular flexibility index (Phi) is 6.30. The maximum absolute atomic E-state index is 10.5. The molecular weight excluding hydrogens is 366 g/mol. The highest BCUT2D eigenvalue weighted by Gasteiger charge is 2.33. The minimum atomic E-state index is -0.575. The van der Waals surface area contributed by atoms with E-state index in [9.17, 15) is 10.2 Å². The minimum absolute atomic E-state index is 0. The molecule has 0 spiro atoms. The van der Waals surface area contributed by atoms with Gasteiger partial charge in [0, 0.05) is 24.3 Å². The van der Waals surface area contributed by atoms with Gasteiger partial charge in [-0.05, 0) is 61.9 Å². The van der Waals surface area contributed by atoms with Gasteiger partial charge in [0.2, 0.25) is 0 Å². The van der Waals surface area contributed by atoms with Crippen molar-refractivity contribution in [3.8, 4) is 5.75 Å². The van der Waals surface area contributed by atoms with Crippen LogP contribution in [0.2, 0.25) is 0 Å². The quantitative estimate of drug-likeness (QED) is 0.799.